The Balaban J connectivity index is 2.18. The van der Waals surface area contributed by atoms with Crippen LogP contribution >= 0.6 is 11.3 Å². The summed E-state index contributed by atoms with van der Waals surface area (Å²) in [6, 6.07) is 7.69. The first-order valence-corrected chi connectivity index (χ1v) is 6.89. The van der Waals surface area contributed by atoms with E-state index in [1.807, 2.05) is 43.5 Å². The van der Waals surface area contributed by atoms with Crippen LogP contribution in [-0.2, 0) is 4.79 Å². The van der Waals surface area contributed by atoms with Crippen molar-refractivity contribution < 1.29 is 9.53 Å². The number of hydrogen-bond donors (Lipinski definition) is 1. The molecule has 2 aromatic rings. The molecule has 100 valence electrons. The fraction of sp³-hybridized carbons (Fsp3) is 0.286. The monoisotopic (exact) mass is 276 g/mol. The zero-order chi connectivity index (χ0) is 13.8. The van der Waals surface area contributed by atoms with Gasteiger partial charge in [0.05, 0.1) is 12.8 Å². The molecule has 19 heavy (non-hydrogen) atoms. The Labute approximate surface area is 116 Å². The first-order chi connectivity index (χ1) is 9.10. The molecule has 5 heteroatoms. The third-order valence-electron chi connectivity index (χ3n) is 2.62. The summed E-state index contributed by atoms with van der Waals surface area (Å²) >= 11 is 1.42. The first-order valence-electron chi connectivity index (χ1n) is 6.01. The van der Waals surface area contributed by atoms with Gasteiger partial charge in [0, 0.05) is 16.9 Å². The molecule has 0 aliphatic carbocycles. The standard InChI is InChI=1S/C14H16N2O2S/c1-9(2)13(17)16-14-15-12(8-19-14)10-5-4-6-11(7-10)18-3/h4-9H,1-3H3,(H,15,16,17). The molecule has 1 amide bonds. The Morgan fingerprint density at radius 1 is 1.42 bits per heavy atom. The normalized spacial score (nSPS) is 10.5. The van der Waals surface area contributed by atoms with Crippen LogP contribution in [0.1, 0.15) is 13.8 Å². The van der Waals surface area contributed by atoms with E-state index >= 15 is 0 Å². The molecule has 0 unspecified atom stereocenters. The molecule has 0 saturated carbocycles. The average Bonchev–Trinajstić information content (AvgIpc) is 2.87. The highest BCUT2D eigenvalue weighted by atomic mass is 32.1. The average molecular weight is 276 g/mol. The van der Waals surface area contributed by atoms with Gasteiger partial charge in [0.25, 0.3) is 0 Å². The van der Waals surface area contributed by atoms with Crippen LogP contribution < -0.4 is 10.1 Å². The SMILES string of the molecule is COc1cccc(-c2csc(NC(=O)C(C)C)n2)c1. The molecule has 1 aromatic heterocycles. The second-order valence-electron chi connectivity index (χ2n) is 4.41. The number of thiazole rings is 1. The van der Waals surface area contributed by atoms with Crippen molar-refractivity contribution in [2.75, 3.05) is 12.4 Å². The van der Waals surface area contributed by atoms with Gasteiger partial charge >= 0.3 is 0 Å². The van der Waals surface area contributed by atoms with Gasteiger partial charge < -0.3 is 10.1 Å². The molecular weight excluding hydrogens is 260 g/mol. The molecule has 0 fully saturated rings. The van der Waals surface area contributed by atoms with Crippen molar-refractivity contribution >= 4 is 22.4 Å². The summed E-state index contributed by atoms with van der Waals surface area (Å²) in [4.78, 5) is 16.0. The molecule has 0 atom stereocenters. The summed E-state index contributed by atoms with van der Waals surface area (Å²) in [5.74, 6) is 0.717. The van der Waals surface area contributed by atoms with Crippen LogP contribution in [0.4, 0.5) is 5.13 Å². The fourth-order valence-corrected chi connectivity index (χ4v) is 2.22. The Morgan fingerprint density at radius 3 is 2.89 bits per heavy atom. The van der Waals surface area contributed by atoms with Gasteiger partial charge in [0.2, 0.25) is 5.91 Å². The predicted octanol–water partition coefficient (Wildman–Crippen LogP) is 3.41. The second-order valence-corrected chi connectivity index (χ2v) is 5.27. The van der Waals surface area contributed by atoms with Crippen molar-refractivity contribution in [1.82, 2.24) is 4.98 Å². The predicted molar refractivity (Wildman–Crippen MR) is 77.6 cm³/mol. The lowest BCUT2D eigenvalue weighted by Crippen LogP contribution is -2.17. The number of carbonyl (C=O) groups excluding carboxylic acids is 1. The van der Waals surface area contributed by atoms with Crippen molar-refractivity contribution in [2.45, 2.75) is 13.8 Å². The smallest absolute Gasteiger partial charge is 0.228 e. The highest BCUT2D eigenvalue weighted by Crippen LogP contribution is 2.27. The van der Waals surface area contributed by atoms with Gasteiger partial charge in [0.15, 0.2) is 5.13 Å². The van der Waals surface area contributed by atoms with E-state index in [-0.39, 0.29) is 11.8 Å². The lowest BCUT2D eigenvalue weighted by Gasteiger charge is -2.03. The Kier molecular flexibility index (Phi) is 4.16. The molecule has 0 aliphatic heterocycles. The summed E-state index contributed by atoms with van der Waals surface area (Å²) in [7, 11) is 1.63. The van der Waals surface area contributed by atoms with Crippen LogP contribution in [0.25, 0.3) is 11.3 Å². The summed E-state index contributed by atoms with van der Waals surface area (Å²) in [5.41, 5.74) is 1.81. The highest BCUT2D eigenvalue weighted by molar-refractivity contribution is 7.14. The zero-order valence-corrected chi connectivity index (χ0v) is 12.0. The van der Waals surface area contributed by atoms with E-state index in [0.717, 1.165) is 17.0 Å². The van der Waals surface area contributed by atoms with E-state index in [0.29, 0.717) is 5.13 Å². The van der Waals surface area contributed by atoms with Crippen molar-refractivity contribution in [3.63, 3.8) is 0 Å². The van der Waals surface area contributed by atoms with E-state index in [1.54, 1.807) is 7.11 Å². The maximum absolute atomic E-state index is 11.6. The third-order valence-corrected chi connectivity index (χ3v) is 3.38. The van der Waals surface area contributed by atoms with Crippen LogP contribution in [0.2, 0.25) is 0 Å². The van der Waals surface area contributed by atoms with Gasteiger partial charge in [-0.15, -0.1) is 11.3 Å². The number of rotatable bonds is 4. The van der Waals surface area contributed by atoms with Gasteiger partial charge in [0.1, 0.15) is 5.75 Å². The number of anilines is 1. The number of benzene rings is 1. The van der Waals surface area contributed by atoms with Gasteiger partial charge in [-0.2, -0.15) is 0 Å². The minimum absolute atomic E-state index is 0.0217. The van der Waals surface area contributed by atoms with Crippen LogP contribution in [0.5, 0.6) is 5.75 Å². The van der Waals surface area contributed by atoms with Gasteiger partial charge in [-0.3, -0.25) is 4.79 Å². The largest absolute Gasteiger partial charge is 0.497 e. The molecule has 2 rings (SSSR count). The highest BCUT2D eigenvalue weighted by Gasteiger charge is 2.11. The molecule has 0 spiro atoms. The number of carbonyl (C=O) groups is 1. The molecule has 0 saturated heterocycles. The van der Waals surface area contributed by atoms with E-state index in [4.69, 9.17) is 4.74 Å². The molecule has 1 N–H and O–H groups in total. The number of methoxy groups -OCH3 is 1. The molecule has 0 aliphatic rings. The number of aromatic nitrogens is 1. The topological polar surface area (TPSA) is 51.2 Å². The summed E-state index contributed by atoms with van der Waals surface area (Å²) in [5, 5.41) is 5.34. The summed E-state index contributed by atoms with van der Waals surface area (Å²) in [6.07, 6.45) is 0. The molecule has 1 aromatic carbocycles. The van der Waals surface area contributed by atoms with Crippen LogP contribution in [0.15, 0.2) is 29.6 Å². The number of nitrogens with zero attached hydrogens (tertiary/aromatic N) is 1. The van der Waals surface area contributed by atoms with Gasteiger partial charge in [-0.1, -0.05) is 26.0 Å². The van der Waals surface area contributed by atoms with E-state index in [9.17, 15) is 4.79 Å². The van der Waals surface area contributed by atoms with Crippen molar-refractivity contribution in [3.8, 4) is 17.0 Å². The zero-order valence-electron chi connectivity index (χ0n) is 11.1. The number of amides is 1. The second kappa shape index (κ2) is 5.84. The van der Waals surface area contributed by atoms with Crippen LogP contribution in [0, 0.1) is 5.92 Å². The molecule has 0 bridgehead atoms. The summed E-state index contributed by atoms with van der Waals surface area (Å²) in [6.45, 7) is 3.71. The number of hydrogen-bond acceptors (Lipinski definition) is 4. The van der Waals surface area contributed by atoms with E-state index in [1.165, 1.54) is 11.3 Å². The third kappa shape index (κ3) is 3.32. The van der Waals surface area contributed by atoms with Gasteiger partial charge in [-0.25, -0.2) is 4.98 Å². The summed E-state index contributed by atoms with van der Waals surface area (Å²) < 4.78 is 5.19. The molecular formula is C14H16N2O2S. The Bertz CT molecular complexity index is 578. The quantitative estimate of drug-likeness (QED) is 0.931. The van der Waals surface area contributed by atoms with Crippen molar-refractivity contribution in [1.29, 1.82) is 0 Å². The van der Waals surface area contributed by atoms with Crippen molar-refractivity contribution in [2.24, 2.45) is 5.92 Å². The lowest BCUT2D eigenvalue weighted by molar-refractivity contribution is -0.118. The molecule has 0 radical (unpaired) electrons. The fourth-order valence-electron chi connectivity index (χ4n) is 1.50. The molecule has 4 nitrogen and oxygen atoms in total. The van der Waals surface area contributed by atoms with Crippen LogP contribution in [-0.4, -0.2) is 18.0 Å². The van der Waals surface area contributed by atoms with Crippen LogP contribution in [0.3, 0.4) is 0 Å². The Hall–Kier alpha value is -1.88. The lowest BCUT2D eigenvalue weighted by atomic mass is 10.2. The maximum Gasteiger partial charge on any atom is 0.228 e. The maximum atomic E-state index is 11.6. The van der Waals surface area contributed by atoms with Crippen molar-refractivity contribution in [3.05, 3.63) is 29.6 Å². The number of ether oxygens (including phenoxy) is 1. The minimum Gasteiger partial charge on any atom is -0.497 e. The minimum atomic E-state index is -0.0517. The van der Waals surface area contributed by atoms with Gasteiger partial charge in [-0.05, 0) is 12.1 Å². The van der Waals surface area contributed by atoms with E-state index < -0.39 is 0 Å². The van der Waals surface area contributed by atoms with E-state index in [2.05, 4.69) is 10.3 Å². The molecule has 1 heterocycles. The number of nitrogens with one attached hydrogen (secondary N) is 1. The first kappa shape index (κ1) is 13.5. The Morgan fingerprint density at radius 2 is 2.21 bits per heavy atom.